The van der Waals surface area contributed by atoms with Crippen LogP contribution in [-0.4, -0.2) is 39.9 Å². The third kappa shape index (κ3) is 2.71. The largest absolute Gasteiger partial charge is 0.309 e. The molecule has 1 N–H and O–H groups in total. The van der Waals surface area contributed by atoms with Crippen molar-refractivity contribution in [1.82, 2.24) is 20.0 Å². The molecule has 18 heavy (non-hydrogen) atoms. The Morgan fingerprint density at radius 1 is 1.50 bits per heavy atom. The second-order valence-corrected chi connectivity index (χ2v) is 5.89. The van der Waals surface area contributed by atoms with E-state index in [4.69, 9.17) is 11.6 Å². The van der Waals surface area contributed by atoms with Gasteiger partial charge in [0.1, 0.15) is 5.15 Å². The van der Waals surface area contributed by atoms with Gasteiger partial charge in [-0.3, -0.25) is 9.58 Å². The van der Waals surface area contributed by atoms with Gasteiger partial charge in [-0.25, -0.2) is 0 Å². The lowest BCUT2D eigenvalue weighted by atomic mass is 9.95. The summed E-state index contributed by atoms with van der Waals surface area (Å²) in [4.78, 5) is 2.47. The standard InChI is InChI=1S/C13H23ClN4/c1-5-13(3)9-18(7-6-15-13)8-11-10(2)16-17(4)12(11)14/h15H,5-9H2,1-4H3. The lowest BCUT2D eigenvalue weighted by Gasteiger charge is -2.41. The highest BCUT2D eigenvalue weighted by Gasteiger charge is 2.29. The van der Waals surface area contributed by atoms with Gasteiger partial charge in [-0.05, 0) is 20.3 Å². The Morgan fingerprint density at radius 2 is 2.22 bits per heavy atom. The first kappa shape index (κ1) is 13.8. The minimum absolute atomic E-state index is 0.223. The molecule has 1 fully saturated rings. The molecule has 1 unspecified atom stereocenters. The third-order valence-corrected chi connectivity index (χ3v) is 4.46. The van der Waals surface area contributed by atoms with E-state index >= 15 is 0 Å². The molecule has 0 saturated carbocycles. The Balaban J connectivity index is 2.09. The van der Waals surface area contributed by atoms with E-state index in [1.54, 1.807) is 4.68 Å². The van der Waals surface area contributed by atoms with Crippen molar-refractivity contribution in [3.63, 3.8) is 0 Å². The van der Waals surface area contributed by atoms with Crippen LogP contribution in [0.3, 0.4) is 0 Å². The van der Waals surface area contributed by atoms with Gasteiger partial charge in [0.05, 0.1) is 5.69 Å². The zero-order valence-corrected chi connectivity index (χ0v) is 12.5. The second-order valence-electron chi connectivity index (χ2n) is 5.53. The molecule has 0 aliphatic carbocycles. The molecule has 1 aliphatic rings. The van der Waals surface area contributed by atoms with Crippen molar-refractivity contribution in [3.8, 4) is 0 Å². The van der Waals surface area contributed by atoms with E-state index in [9.17, 15) is 0 Å². The van der Waals surface area contributed by atoms with Gasteiger partial charge in [0, 0.05) is 44.3 Å². The van der Waals surface area contributed by atoms with E-state index in [0.717, 1.165) is 43.4 Å². The predicted molar refractivity (Wildman–Crippen MR) is 74.9 cm³/mol. The molecule has 2 heterocycles. The summed E-state index contributed by atoms with van der Waals surface area (Å²) in [6.45, 7) is 10.6. The van der Waals surface area contributed by atoms with Crippen molar-refractivity contribution >= 4 is 11.6 Å². The minimum Gasteiger partial charge on any atom is -0.309 e. The Bertz CT molecular complexity index is 429. The maximum Gasteiger partial charge on any atom is 0.131 e. The number of rotatable bonds is 3. The maximum atomic E-state index is 6.30. The molecule has 5 heteroatoms. The molecular formula is C13H23ClN4. The Morgan fingerprint density at radius 3 is 2.78 bits per heavy atom. The molecule has 0 spiro atoms. The van der Waals surface area contributed by atoms with Gasteiger partial charge >= 0.3 is 0 Å². The number of hydrogen-bond donors (Lipinski definition) is 1. The molecule has 2 rings (SSSR count). The van der Waals surface area contributed by atoms with E-state index in [2.05, 4.69) is 29.2 Å². The number of hydrogen-bond acceptors (Lipinski definition) is 3. The van der Waals surface area contributed by atoms with Crippen LogP contribution in [0.15, 0.2) is 0 Å². The quantitative estimate of drug-likeness (QED) is 0.912. The average molecular weight is 271 g/mol. The lowest BCUT2D eigenvalue weighted by Crippen LogP contribution is -2.58. The summed E-state index contributed by atoms with van der Waals surface area (Å²) in [5, 5.41) is 8.74. The molecule has 4 nitrogen and oxygen atoms in total. The van der Waals surface area contributed by atoms with Crippen molar-refractivity contribution in [2.45, 2.75) is 39.3 Å². The maximum absolute atomic E-state index is 6.30. The highest BCUT2D eigenvalue weighted by molar-refractivity contribution is 6.30. The Hall–Kier alpha value is -0.580. The van der Waals surface area contributed by atoms with Crippen LogP contribution in [0.5, 0.6) is 0 Å². The van der Waals surface area contributed by atoms with Crippen LogP contribution in [0.2, 0.25) is 5.15 Å². The number of piperazine rings is 1. The molecule has 102 valence electrons. The number of aromatic nitrogens is 2. The minimum atomic E-state index is 0.223. The fourth-order valence-electron chi connectivity index (χ4n) is 2.59. The summed E-state index contributed by atoms with van der Waals surface area (Å²) < 4.78 is 1.76. The molecule has 0 radical (unpaired) electrons. The van der Waals surface area contributed by atoms with Gasteiger partial charge in [-0.1, -0.05) is 18.5 Å². The smallest absolute Gasteiger partial charge is 0.131 e. The SMILES string of the molecule is CCC1(C)CN(Cc2c(C)nn(C)c2Cl)CCN1. The van der Waals surface area contributed by atoms with Crippen molar-refractivity contribution in [1.29, 1.82) is 0 Å². The molecule has 1 aromatic rings. The molecule has 1 aliphatic heterocycles. The number of halogens is 1. The van der Waals surface area contributed by atoms with E-state index in [-0.39, 0.29) is 5.54 Å². The number of aryl methyl sites for hydroxylation is 2. The van der Waals surface area contributed by atoms with Gasteiger partial charge in [0.2, 0.25) is 0 Å². The first-order valence-corrected chi connectivity index (χ1v) is 6.98. The normalized spacial score (nSPS) is 25.6. The molecule has 0 aromatic carbocycles. The third-order valence-electron chi connectivity index (χ3n) is 3.98. The molecule has 1 saturated heterocycles. The highest BCUT2D eigenvalue weighted by atomic mass is 35.5. The molecule has 0 bridgehead atoms. The van der Waals surface area contributed by atoms with Crippen LogP contribution >= 0.6 is 11.6 Å². The predicted octanol–water partition coefficient (Wildman–Crippen LogP) is 1.96. The Kier molecular flexibility index (Phi) is 3.99. The zero-order chi connectivity index (χ0) is 13.3. The molecule has 1 aromatic heterocycles. The summed E-state index contributed by atoms with van der Waals surface area (Å²) in [6.07, 6.45) is 1.14. The van der Waals surface area contributed by atoms with E-state index in [1.165, 1.54) is 5.56 Å². The average Bonchev–Trinajstić information content (AvgIpc) is 2.56. The van der Waals surface area contributed by atoms with Crippen LogP contribution in [0.25, 0.3) is 0 Å². The van der Waals surface area contributed by atoms with Gasteiger partial charge in [0.15, 0.2) is 0 Å². The van der Waals surface area contributed by atoms with Crippen molar-refractivity contribution in [3.05, 3.63) is 16.4 Å². The van der Waals surface area contributed by atoms with Crippen LogP contribution in [0.1, 0.15) is 31.5 Å². The van der Waals surface area contributed by atoms with Crippen LogP contribution in [-0.2, 0) is 13.6 Å². The van der Waals surface area contributed by atoms with E-state index < -0.39 is 0 Å². The monoisotopic (exact) mass is 270 g/mol. The Labute approximate surface area is 114 Å². The summed E-state index contributed by atoms with van der Waals surface area (Å²) in [5.74, 6) is 0. The first-order valence-electron chi connectivity index (χ1n) is 6.60. The molecule has 1 atom stereocenters. The summed E-state index contributed by atoms with van der Waals surface area (Å²) in [7, 11) is 1.90. The molecule has 0 amide bonds. The van der Waals surface area contributed by atoms with Gasteiger partial charge in [0.25, 0.3) is 0 Å². The van der Waals surface area contributed by atoms with Crippen molar-refractivity contribution < 1.29 is 0 Å². The van der Waals surface area contributed by atoms with Crippen LogP contribution < -0.4 is 5.32 Å². The summed E-state index contributed by atoms with van der Waals surface area (Å²) in [6, 6.07) is 0. The van der Waals surface area contributed by atoms with Crippen molar-refractivity contribution in [2.24, 2.45) is 7.05 Å². The number of nitrogens with zero attached hydrogens (tertiary/aromatic N) is 3. The molecular weight excluding hydrogens is 248 g/mol. The lowest BCUT2D eigenvalue weighted by molar-refractivity contribution is 0.133. The van der Waals surface area contributed by atoms with Gasteiger partial charge < -0.3 is 5.32 Å². The fraction of sp³-hybridized carbons (Fsp3) is 0.769. The van der Waals surface area contributed by atoms with Gasteiger partial charge in [-0.2, -0.15) is 5.10 Å². The topological polar surface area (TPSA) is 33.1 Å². The van der Waals surface area contributed by atoms with Crippen molar-refractivity contribution in [2.75, 3.05) is 19.6 Å². The van der Waals surface area contributed by atoms with E-state index in [1.807, 2.05) is 14.0 Å². The van der Waals surface area contributed by atoms with Crippen LogP contribution in [0, 0.1) is 6.92 Å². The van der Waals surface area contributed by atoms with E-state index in [0.29, 0.717) is 0 Å². The summed E-state index contributed by atoms with van der Waals surface area (Å²) >= 11 is 6.30. The zero-order valence-electron chi connectivity index (χ0n) is 11.8. The highest BCUT2D eigenvalue weighted by Crippen LogP contribution is 2.23. The van der Waals surface area contributed by atoms with Crippen LogP contribution in [0.4, 0.5) is 0 Å². The first-order chi connectivity index (χ1) is 8.45. The summed E-state index contributed by atoms with van der Waals surface area (Å²) in [5.41, 5.74) is 2.43. The second kappa shape index (κ2) is 5.19. The number of nitrogens with one attached hydrogen (secondary N) is 1. The van der Waals surface area contributed by atoms with Gasteiger partial charge in [-0.15, -0.1) is 0 Å². The fourth-order valence-corrected chi connectivity index (χ4v) is 2.83.